The molecule has 1 aromatic rings. The van der Waals surface area contributed by atoms with Crippen LogP contribution < -0.4 is 0 Å². The number of aryl methyl sites for hydroxylation is 1. The van der Waals surface area contributed by atoms with Gasteiger partial charge < -0.3 is 5.11 Å². The second-order valence-corrected chi connectivity index (χ2v) is 6.85. The molecule has 20 heavy (non-hydrogen) atoms. The molecule has 0 aliphatic carbocycles. The number of hydrogen-bond donors (Lipinski definition) is 1. The number of aliphatic hydroxyl groups excluding tert-OH is 1. The van der Waals surface area contributed by atoms with Crippen LogP contribution >= 0.6 is 0 Å². The Balaban J connectivity index is 2.54. The average Bonchev–Trinajstić information content (AvgIpc) is 2.79. The zero-order valence-corrected chi connectivity index (χ0v) is 12.1. The van der Waals surface area contributed by atoms with Crippen molar-refractivity contribution < 1.29 is 18.4 Å². The Bertz CT molecular complexity index is 656. The fourth-order valence-electron chi connectivity index (χ4n) is 2.25. The van der Waals surface area contributed by atoms with Crippen LogP contribution in [0.25, 0.3) is 0 Å². The van der Waals surface area contributed by atoms with Gasteiger partial charge in [0.05, 0.1) is 15.9 Å². The summed E-state index contributed by atoms with van der Waals surface area (Å²) in [5.74, 6) is 0. The molecule has 0 saturated carbocycles. The largest absolute Gasteiger partial charge is 0.392 e. The van der Waals surface area contributed by atoms with Crippen LogP contribution in [0.15, 0.2) is 17.0 Å². The Morgan fingerprint density at radius 3 is 2.55 bits per heavy atom. The van der Waals surface area contributed by atoms with Crippen molar-refractivity contribution in [2.45, 2.75) is 31.3 Å². The van der Waals surface area contributed by atoms with Crippen LogP contribution in [0.1, 0.15) is 17.5 Å². The Morgan fingerprint density at radius 1 is 1.40 bits per heavy atom. The number of nitro groups is 1. The number of aliphatic hydroxyl groups is 1. The van der Waals surface area contributed by atoms with E-state index in [9.17, 15) is 23.6 Å². The highest BCUT2D eigenvalue weighted by atomic mass is 32.2. The standard InChI is InChI=1S/C12H16N2O5S/c1-8-5-10(14(16)17)6-12(9(8)2)20(18,19)13-4-3-11(15)7-13/h5-6,11,15H,3-4,7H2,1-2H3. The summed E-state index contributed by atoms with van der Waals surface area (Å²) < 4.78 is 26.2. The zero-order valence-electron chi connectivity index (χ0n) is 11.2. The van der Waals surface area contributed by atoms with Gasteiger partial charge in [-0.3, -0.25) is 10.1 Å². The van der Waals surface area contributed by atoms with Crippen LogP contribution in [0.4, 0.5) is 5.69 Å². The lowest BCUT2D eigenvalue weighted by Crippen LogP contribution is -2.30. The van der Waals surface area contributed by atoms with E-state index in [0.29, 0.717) is 17.5 Å². The van der Waals surface area contributed by atoms with Crippen molar-refractivity contribution in [3.63, 3.8) is 0 Å². The predicted octanol–water partition coefficient (Wildman–Crippen LogP) is 0.967. The van der Waals surface area contributed by atoms with Crippen molar-refractivity contribution >= 4 is 15.7 Å². The summed E-state index contributed by atoms with van der Waals surface area (Å²) >= 11 is 0. The molecule has 7 nitrogen and oxygen atoms in total. The van der Waals surface area contributed by atoms with E-state index in [1.54, 1.807) is 13.8 Å². The van der Waals surface area contributed by atoms with Crippen LogP contribution in [0.3, 0.4) is 0 Å². The van der Waals surface area contributed by atoms with Crippen LogP contribution in [0.2, 0.25) is 0 Å². The third-order valence-electron chi connectivity index (χ3n) is 3.56. The van der Waals surface area contributed by atoms with Gasteiger partial charge >= 0.3 is 0 Å². The lowest BCUT2D eigenvalue weighted by atomic mass is 10.1. The van der Waals surface area contributed by atoms with Gasteiger partial charge in [0, 0.05) is 25.2 Å². The molecule has 1 aliphatic heterocycles. The van der Waals surface area contributed by atoms with Gasteiger partial charge in [-0.15, -0.1) is 0 Å². The lowest BCUT2D eigenvalue weighted by Gasteiger charge is -2.18. The van der Waals surface area contributed by atoms with E-state index in [0.717, 1.165) is 6.07 Å². The van der Waals surface area contributed by atoms with E-state index in [2.05, 4.69) is 0 Å². The maximum absolute atomic E-state index is 12.5. The second kappa shape index (κ2) is 5.12. The van der Waals surface area contributed by atoms with E-state index < -0.39 is 21.1 Å². The molecule has 0 radical (unpaired) electrons. The van der Waals surface area contributed by atoms with E-state index in [4.69, 9.17) is 0 Å². The molecule has 1 saturated heterocycles. The van der Waals surface area contributed by atoms with E-state index in [-0.39, 0.29) is 23.7 Å². The van der Waals surface area contributed by atoms with Gasteiger partial charge in [-0.25, -0.2) is 8.42 Å². The van der Waals surface area contributed by atoms with Gasteiger partial charge in [0.25, 0.3) is 5.69 Å². The minimum absolute atomic E-state index is 0.0313. The number of benzene rings is 1. The van der Waals surface area contributed by atoms with Crippen molar-refractivity contribution in [3.8, 4) is 0 Å². The number of β-amino-alcohol motifs (C(OH)–C–C–N with tert-alkyl or cyclic N) is 1. The topological polar surface area (TPSA) is 101 Å². The first-order chi connectivity index (χ1) is 9.23. The quantitative estimate of drug-likeness (QED) is 0.662. The third-order valence-corrected chi connectivity index (χ3v) is 5.55. The summed E-state index contributed by atoms with van der Waals surface area (Å²) in [6, 6.07) is 2.44. The maximum atomic E-state index is 12.5. The van der Waals surface area contributed by atoms with Gasteiger partial charge in [0.15, 0.2) is 0 Å². The van der Waals surface area contributed by atoms with Gasteiger partial charge in [-0.2, -0.15) is 4.31 Å². The Morgan fingerprint density at radius 2 is 2.05 bits per heavy atom. The van der Waals surface area contributed by atoms with Gasteiger partial charge in [-0.1, -0.05) is 0 Å². The van der Waals surface area contributed by atoms with Crippen LogP contribution in [-0.2, 0) is 10.0 Å². The van der Waals surface area contributed by atoms with Crippen LogP contribution in [0, 0.1) is 24.0 Å². The Hall–Kier alpha value is -1.51. The third kappa shape index (κ3) is 2.54. The Labute approximate surface area is 117 Å². The summed E-state index contributed by atoms with van der Waals surface area (Å²) in [5.41, 5.74) is 0.806. The number of non-ortho nitro benzene ring substituents is 1. The average molecular weight is 300 g/mol. The van der Waals surface area contributed by atoms with Gasteiger partial charge in [0.2, 0.25) is 10.0 Å². The first-order valence-corrected chi connectivity index (χ1v) is 7.61. The number of rotatable bonds is 3. The minimum Gasteiger partial charge on any atom is -0.392 e. The molecular formula is C12H16N2O5S. The molecule has 110 valence electrons. The van der Waals surface area contributed by atoms with Crippen LogP contribution in [-0.4, -0.2) is 41.9 Å². The first-order valence-electron chi connectivity index (χ1n) is 6.17. The molecule has 0 amide bonds. The number of nitrogens with zero attached hydrogens (tertiary/aromatic N) is 2. The summed E-state index contributed by atoms with van der Waals surface area (Å²) in [6.45, 7) is 3.52. The van der Waals surface area contributed by atoms with E-state index >= 15 is 0 Å². The van der Waals surface area contributed by atoms with Crippen molar-refractivity contribution in [1.29, 1.82) is 0 Å². The summed E-state index contributed by atoms with van der Waals surface area (Å²) in [6.07, 6.45) is -0.295. The molecule has 2 rings (SSSR count). The first kappa shape index (κ1) is 14.9. The summed E-state index contributed by atoms with van der Waals surface area (Å²) in [7, 11) is -3.81. The monoisotopic (exact) mass is 300 g/mol. The normalized spacial score (nSPS) is 20.2. The molecule has 1 N–H and O–H groups in total. The highest BCUT2D eigenvalue weighted by molar-refractivity contribution is 7.89. The van der Waals surface area contributed by atoms with Crippen molar-refractivity contribution in [1.82, 2.24) is 4.31 Å². The molecular weight excluding hydrogens is 284 g/mol. The molecule has 1 unspecified atom stereocenters. The highest BCUT2D eigenvalue weighted by Crippen LogP contribution is 2.29. The molecule has 8 heteroatoms. The van der Waals surface area contributed by atoms with Crippen molar-refractivity contribution in [2.24, 2.45) is 0 Å². The van der Waals surface area contributed by atoms with Crippen LogP contribution in [0.5, 0.6) is 0 Å². The summed E-state index contributed by atoms with van der Waals surface area (Å²) in [4.78, 5) is 10.2. The molecule has 1 heterocycles. The van der Waals surface area contributed by atoms with Crippen molar-refractivity contribution in [3.05, 3.63) is 33.4 Å². The molecule has 0 aromatic heterocycles. The van der Waals surface area contributed by atoms with E-state index in [1.165, 1.54) is 10.4 Å². The molecule has 1 aliphatic rings. The molecule has 1 aromatic carbocycles. The zero-order chi connectivity index (χ0) is 15.1. The highest BCUT2D eigenvalue weighted by Gasteiger charge is 2.33. The molecule has 0 spiro atoms. The summed E-state index contributed by atoms with van der Waals surface area (Å²) in [5, 5.41) is 20.3. The molecule has 0 bridgehead atoms. The SMILES string of the molecule is Cc1cc([N+](=O)[O-])cc(S(=O)(=O)N2CCC(O)C2)c1C. The number of nitro benzene ring substituents is 1. The lowest BCUT2D eigenvalue weighted by molar-refractivity contribution is -0.385. The molecule has 1 fully saturated rings. The van der Waals surface area contributed by atoms with Gasteiger partial charge in [0.1, 0.15) is 0 Å². The maximum Gasteiger partial charge on any atom is 0.271 e. The number of hydrogen-bond acceptors (Lipinski definition) is 5. The fraction of sp³-hybridized carbons (Fsp3) is 0.500. The Kier molecular flexibility index (Phi) is 3.81. The van der Waals surface area contributed by atoms with Gasteiger partial charge in [-0.05, 0) is 31.4 Å². The fourth-order valence-corrected chi connectivity index (χ4v) is 4.06. The number of sulfonamides is 1. The minimum atomic E-state index is -3.81. The predicted molar refractivity (Wildman–Crippen MR) is 72.0 cm³/mol. The molecule has 1 atom stereocenters. The van der Waals surface area contributed by atoms with E-state index in [1.807, 2.05) is 0 Å². The second-order valence-electron chi connectivity index (χ2n) is 4.95. The smallest absolute Gasteiger partial charge is 0.271 e. The van der Waals surface area contributed by atoms with Crippen molar-refractivity contribution in [2.75, 3.05) is 13.1 Å².